The fourth-order valence-corrected chi connectivity index (χ4v) is 12.9. The molecule has 0 bridgehead atoms. The van der Waals surface area contributed by atoms with Crippen molar-refractivity contribution in [2.24, 2.45) is 0 Å². The molecule has 0 aliphatic heterocycles. The molecule has 0 saturated carbocycles. The molecule has 0 atom stereocenters. The van der Waals surface area contributed by atoms with E-state index in [9.17, 15) is 0 Å². The van der Waals surface area contributed by atoms with Crippen LogP contribution in [0.4, 0.5) is 0 Å². The van der Waals surface area contributed by atoms with E-state index < -0.39 is 8.07 Å². The smallest absolute Gasteiger partial charge is 0.0654 e. The Morgan fingerprint density at radius 3 is 1.02 bits per heavy atom. The van der Waals surface area contributed by atoms with Crippen LogP contribution in [-0.2, 0) is 10.8 Å². The lowest BCUT2D eigenvalue weighted by Crippen LogP contribution is -2.53. The van der Waals surface area contributed by atoms with Gasteiger partial charge in [0.2, 0.25) is 0 Å². The number of unbranched alkanes of at least 4 members (excludes halogenated alkanes) is 12. The van der Waals surface area contributed by atoms with Crippen molar-refractivity contribution in [3.8, 4) is 22.3 Å². The Morgan fingerprint density at radius 2 is 0.679 bits per heavy atom. The number of fused-ring (bicyclic) bond motifs is 6. The van der Waals surface area contributed by atoms with E-state index in [-0.39, 0.29) is 10.8 Å². The lowest BCUT2D eigenvalue weighted by molar-refractivity contribution is 0.401. The Bertz CT molecular complexity index is 1620. The minimum Gasteiger partial charge on any atom is -0.0654 e. The highest BCUT2D eigenvalue weighted by molar-refractivity contribution is 7.00. The van der Waals surface area contributed by atoms with Crippen LogP contribution < -0.4 is 10.4 Å². The van der Waals surface area contributed by atoms with E-state index in [2.05, 4.69) is 126 Å². The van der Waals surface area contributed by atoms with E-state index in [1.54, 1.807) is 32.6 Å². The van der Waals surface area contributed by atoms with Gasteiger partial charge in [-0.2, -0.15) is 0 Å². The first kappa shape index (κ1) is 39.8. The van der Waals surface area contributed by atoms with Crippen LogP contribution >= 0.6 is 0 Å². The normalized spacial score (nSPS) is 14.9. The second-order valence-corrected chi connectivity index (χ2v) is 22.0. The highest BCUT2D eigenvalue weighted by Gasteiger charge is 2.45. The fraction of sp³-hybridized carbons (Fsp3) is 0.538. The minimum absolute atomic E-state index is 0.139. The van der Waals surface area contributed by atoms with Crippen LogP contribution in [0.5, 0.6) is 0 Å². The average Bonchev–Trinajstić information content (AvgIpc) is 3.62. The summed E-state index contributed by atoms with van der Waals surface area (Å²) in [6.07, 6.45) is 26.4. The molecular formula is C52H72Si. The quantitative estimate of drug-likeness (QED) is 0.0559. The van der Waals surface area contributed by atoms with E-state index >= 15 is 0 Å². The summed E-state index contributed by atoms with van der Waals surface area (Å²) >= 11 is 0. The molecule has 0 nitrogen and oxygen atoms in total. The van der Waals surface area contributed by atoms with Crippen LogP contribution in [0, 0.1) is 0 Å². The van der Waals surface area contributed by atoms with E-state index in [1.165, 1.54) is 151 Å². The first-order valence-corrected chi connectivity index (χ1v) is 25.4. The van der Waals surface area contributed by atoms with Crippen molar-refractivity contribution in [3.63, 3.8) is 0 Å². The molecule has 284 valence electrons. The standard InChI is InChI=1S/C52H72Si/c1-7-11-15-23-35-51(36-24-16-12-8-2)47-29-21-19-27-43(47)45-33-31-41(39-49(45)51)53(5,6)42-32-34-46-44-28-20-22-30-48(44)52(50(46)40-42,37-25-17-13-9-3)38-26-18-14-10-4/h19-22,27-34,39-40H,7-18,23-26,35-38H2,1-6H3. The van der Waals surface area contributed by atoms with E-state index in [1.807, 2.05) is 0 Å². The van der Waals surface area contributed by atoms with Crippen molar-refractivity contribution in [2.45, 2.75) is 180 Å². The Balaban J connectivity index is 1.43. The molecule has 0 aromatic heterocycles. The second kappa shape index (κ2) is 18.2. The van der Waals surface area contributed by atoms with Gasteiger partial charge in [0, 0.05) is 10.8 Å². The van der Waals surface area contributed by atoms with Gasteiger partial charge >= 0.3 is 0 Å². The fourth-order valence-electron chi connectivity index (χ4n) is 10.6. The summed E-state index contributed by atoms with van der Waals surface area (Å²) in [5, 5.41) is 3.23. The van der Waals surface area contributed by atoms with Gasteiger partial charge in [0.15, 0.2) is 0 Å². The Morgan fingerprint density at radius 1 is 0.358 bits per heavy atom. The van der Waals surface area contributed by atoms with Gasteiger partial charge in [0.1, 0.15) is 8.07 Å². The summed E-state index contributed by atoms with van der Waals surface area (Å²) < 4.78 is 0. The molecule has 4 aromatic carbocycles. The Kier molecular flexibility index (Phi) is 13.6. The van der Waals surface area contributed by atoms with Crippen molar-refractivity contribution >= 4 is 18.4 Å². The zero-order valence-electron chi connectivity index (χ0n) is 34.7. The molecule has 2 aliphatic rings. The molecule has 1 heteroatoms. The third-order valence-corrected chi connectivity index (χ3v) is 17.3. The van der Waals surface area contributed by atoms with Gasteiger partial charge < -0.3 is 0 Å². The van der Waals surface area contributed by atoms with Crippen LogP contribution in [0.2, 0.25) is 13.1 Å². The lowest BCUT2D eigenvalue weighted by Gasteiger charge is -2.35. The predicted octanol–water partition coefficient (Wildman–Crippen LogP) is 14.9. The van der Waals surface area contributed by atoms with Crippen molar-refractivity contribution in [1.29, 1.82) is 0 Å². The highest BCUT2D eigenvalue weighted by Crippen LogP contribution is 2.55. The van der Waals surface area contributed by atoms with Crippen LogP contribution in [0.25, 0.3) is 22.3 Å². The molecule has 0 amide bonds. The molecular weight excluding hydrogens is 653 g/mol. The predicted molar refractivity (Wildman–Crippen MR) is 237 cm³/mol. The zero-order chi connectivity index (χ0) is 37.3. The zero-order valence-corrected chi connectivity index (χ0v) is 35.7. The summed E-state index contributed by atoms with van der Waals surface area (Å²) in [6.45, 7) is 14.7. The first-order chi connectivity index (χ1) is 25.9. The molecule has 2 aliphatic carbocycles. The first-order valence-electron chi connectivity index (χ1n) is 22.4. The molecule has 0 radical (unpaired) electrons. The Hall–Kier alpha value is -2.90. The van der Waals surface area contributed by atoms with Crippen molar-refractivity contribution in [1.82, 2.24) is 0 Å². The van der Waals surface area contributed by atoms with Crippen LogP contribution in [-0.4, -0.2) is 8.07 Å². The third-order valence-electron chi connectivity index (χ3n) is 13.8. The van der Waals surface area contributed by atoms with Crippen molar-refractivity contribution in [2.75, 3.05) is 0 Å². The van der Waals surface area contributed by atoms with Crippen molar-refractivity contribution in [3.05, 3.63) is 107 Å². The summed E-state index contributed by atoms with van der Waals surface area (Å²) in [5.41, 5.74) is 12.9. The van der Waals surface area contributed by atoms with Crippen LogP contribution in [0.3, 0.4) is 0 Å². The van der Waals surface area contributed by atoms with Gasteiger partial charge in [-0.1, -0.05) is 239 Å². The minimum atomic E-state index is -2.05. The van der Waals surface area contributed by atoms with E-state index in [0.717, 1.165) is 0 Å². The topological polar surface area (TPSA) is 0 Å². The number of hydrogen-bond acceptors (Lipinski definition) is 0. The third kappa shape index (κ3) is 7.94. The maximum Gasteiger partial charge on any atom is 0.112 e. The maximum absolute atomic E-state index is 2.76. The molecule has 0 saturated heterocycles. The van der Waals surface area contributed by atoms with Gasteiger partial charge in [0.05, 0.1) is 0 Å². The monoisotopic (exact) mass is 725 g/mol. The number of hydrogen-bond donors (Lipinski definition) is 0. The highest BCUT2D eigenvalue weighted by atomic mass is 28.3. The Labute approximate surface area is 326 Å². The van der Waals surface area contributed by atoms with Crippen LogP contribution in [0.1, 0.15) is 178 Å². The van der Waals surface area contributed by atoms with Gasteiger partial charge in [-0.15, -0.1) is 0 Å². The SMILES string of the molecule is CCCCCCC1(CCCCCC)c2ccccc2-c2ccc([Si](C)(C)c3ccc4c(c3)C(CCCCCC)(CCCCCC)c3ccccc3-4)cc21. The largest absolute Gasteiger partial charge is 0.112 e. The van der Waals surface area contributed by atoms with E-state index in [0.29, 0.717) is 0 Å². The molecule has 0 spiro atoms. The van der Waals surface area contributed by atoms with Gasteiger partial charge in [-0.25, -0.2) is 0 Å². The van der Waals surface area contributed by atoms with Gasteiger partial charge in [-0.3, -0.25) is 0 Å². The summed E-state index contributed by atoms with van der Waals surface area (Å²) in [6, 6.07) is 34.7. The molecule has 0 unspecified atom stereocenters. The van der Waals surface area contributed by atoms with E-state index in [4.69, 9.17) is 0 Å². The summed E-state index contributed by atoms with van der Waals surface area (Å²) in [4.78, 5) is 0. The number of benzene rings is 4. The van der Waals surface area contributed by atoms with Crippen LogP contribution in [0.15, 0.2) is 84.9 Å². The van der Waals surface area contributed by atoms with Crippen molar-refractivity contribution < 1.29 is 0 Å². The number of rotatable bonds is 22. The molecule has 0 fully saturated rings. The lowest BCUT2D eigenvalue weighted by atomic mass is 9.70. The molecule has 53 heavy (non-hydrogen) atoms. The summed E-state index contributed by atoms with van der Waals surface area (Å²) in [7, 11) is -2.05. The molecule has 4 aromatic rings. The second-order valence-electron chi connectivity index (χ2n) is 17.6. The summed E-state index contributed by atoms with van der Waals surface area (Å²) in [5.74, 6) is 0. The molecule has 0 heterocycles. The van der Waals surface area contributed by atoms with Gasteiger partial charge in [-0.05, 0) is 70.2 Å². The molecule has 0 N–H and O–H groups in total. The average molecular weight is 725 g/mol. The maximum atomic E-state index is 2.76. The molecule has 6 rings (SSSR count). The van der Waals surface area contributed by atoms with Gasteiger partial charge in [0.25, 0.3) is 0 Å².